The molecule has 1 saturated heterocycles. The second kappa shape index (κ2) is 7.57. The Labute approximate surface area is 181 Å². The third kappa shape index (κ3) is 3.33. The highest BCUT2D eigenvalue weighted by Gasteiger charge is 2.29. The molecule has 1 aliphatic heterocycles. The van der Waals surface area contributed by atoms with Gasteiger partial charge in [-0.05, 0) is 42.9 Å². The Morgan fingerprint density at radius 1 is 1.13 bits per heavy atom. The maximum Gasteiger partial charge on any atom is 0.163 e. The fourth-order valence-electron chi connectivity index (χ4n) is 4.70. The molecular weight excluding hydrogens is 386 g/mol. The molecule has 31 heavy (non-hydrogen) atoms. The van der Waals surface area contributed by atoms with Gasteiger partial charge in [-0.3, -0.25) is 4.98 Å². The highest BCUT2D eigenvalue weighted by Crippen LogP contribution is 2.45. The summed E-state index contributed by atoms with van der Waals surface area (Å²) in [4.78, 5) is 25.2. The minimum Gasteiger partial charge on any atom is -0.353 e. The van der Waals surface area contributed by atoms with Gasteiger partial charge in [0.2, 0.25) is 0 Å². The lowest BCUT2D eigenvalue weighted by molar-refractivity contribution is 0.586. The normalized spacial score (nSPS) is 17.0. The maximum atomic E-state index is 5.19. The first kappa shape index (κ1) is 18.7. The number of rotatable bonds is 5. The van der Waals surface area contributed by atoms with E-state index in [4.69, 9.17) is 9.97 Å². The Kier molecular flexibility index (Phi) is 4.56. The SMILES string of the molecule is CCCc1cc2c(-c3nc(N4CCNCC4)c4c(C5CC5)cncc4n3)ccnc2[nH]1. The number of nitrogens with one attached hydrogen (secondary N) is 2. The van der Waals surface area contributed by atoms with Crippen molar-refractivity contribution in [3.63, 3.8) is 0 Å². The molecule has 0 spiro atoms. The van der Waals surface area contributed by atoms with Crippen LogP contribution in [0.25, 0.3) is 33.3 Å². The molecule has 1 aliphatic carbocycles. The zero-order valence-electron chi connectivity index (χ0n) is 17.9. The number of piperazine rings is 1. The molecular formula is C24H27N7. The maximum absolute atomic E-state index is 5.19. The molecule has 4 aromatic rings. The number of fused-ring (bicyclic) bond motifs is 2. The molecule has 2 fully saturated rings. The van der Waals surface area contributed by atoms with Crippen LogP contribution < -0.4 is 10.2 Å². The van der Waals surface area contributed by atoms with Gasteiger partial charge in [0.25, 0.3) is 0 Å². The molecule has 0 atom stereocenters. The third-order valence-corrected chi connectivity index (χ3v) is 6.40. The van der Waals surface area contributed by atoms with Crippen molar-refractivity contribution in [1.82, 2.24) is 30.2 Å². The summed E-state index contributed by atoms with van der Waals surface area (Å²) in [6.07, 6.45) is 10.3. The average Bonchev–Trinajstić information content (AvgIpc) is 3.57. The van der Waals surface area contributed by atoms with Crippen molar-refractivity contribution in [2.45, 2.75) is 38.5 Å². The number of aromatic nitrogens is 5. The van der Waals surface area contributed by atoms with Gasteiger partial charge in [0.1, 0.15) is 11.5 Å². The predicted molar refractivity (Wildman–Crippen MR) is 123 cm³/mol. The molecule has 5 heterocycles. The molecule has 158 valence electrons. The van der Waals surface area contributed by atoms with Crippen LogP contribution >= 0.6 is 0 Å². The number of nitrogens with zero attached hydrogens (tertiary/aromatic N) is 5. The fraction of sp³-hybridized carbons (Fsp3) is 0.417. The molecule has 1 saturated carbocycles. The highest BCUT2D eigenvalue weighted by atomic mass is 15.2. The lowest BCUT2D eigenvalue weighted by Gasteiger charge is -2.30. The van der Waals surface area contributed by atoms with E-state index in [9.17, 15) is 0 Å². The summed E-state index contributed by atoms with van der Waals surface area (Å²) in [6.45, 7) is 6.05. The van der Waals surface area contributed by atoms with Gasteiger partial charge in [0.05, 0.1) is 11.7 Å². The summed E-state index contributed by atoms with van der Waals surface area (Å²) in [7, 11) is 0. The van der Waals surface area contributed by atoms with Crippen LogP contribution in [0.2, 0.25) is 0 Å². The third-order valence-electron chi connectivity index (χ3n) is 6.40. The van der Waals surface area contributed by atoms with E-state index in [-0.39, 0.29) is 0 Å². The summed E-state index contributed by atoms with van der Waals surface area (Å²) in [6, 6.07) is 4.24. The smallest absolute Gasteiger partial charge is 0.163 e. The first-order chi connectivity index (χ1) is 15.3. The van der Waals surface area contributed by atoms with E-state index in [2.05, 4.69) is 38.2 Å². The topological polar surface area (TPSA) is 82.6 Å². The molecule has 4 aromatic heterocycles. The van der Waals surface area contributed by atoms with Crippen LogP contribution in [0.3, 0.4) is 0 Å². The Balaban J connectivity index is 1.57. The van der Waals surface area contributed by atoms with Crippen LogP contribution in [0, 0.1) is 0 Å². The number of pyridine rings is 2. The van der Waals surface area contributed by atoms with Gasteiger partial charge in [-0.25, -0.2) is 15.0 Å². The minimum absolute atomic E-state index is 0.598. The number of H-pyrrole nitrogens is 1. The summed E-state index contributed by atoms with van der Waals surface area (Å²) in [5.41, 5.74) is 5.39. The molecule has 0 bridgehead atoms. The van der Waals surface area contributed by atoms with Crippen LogP contribution in [0.1, 0.15) is 43.4 Å². The van der Waals surface area contributed by atoms with E-state index < -0.39 is 0 Å². The van der Waals surface area contributed by atoms with Gasteiger partial charge in [-0.2, -0.15) is 0 Å². The lowest BCUT2D eigenvalue weighted by atomic mass is 10.1. The van der Waals surface area contributed by atoms with Crippen LogP contribution in [-0.2, 0) is 6.42 Å². The minimum atomic E-state index is 0.598. The molecule has 0 unspecified atom stereocenters. The number of anilines is 1. The summed E-state index contributed by atoms with van der Waals surface area (Å²) in [5, 5.41) is 5.73. The molecule has 0 amide bonds. The molecule has 2 aliphatic rings. The van der Waals surface area contributed by atoms with Crippen molar-refractivity contribution in [3.8, 4) is 11.4 Å². The van der Waals surface area contributed by atoms with Gasteiger partial charge in [0, 0.05) is 60.6 Å². The van der Waals surface area contributed by atoms with Gasteiger partial charge in [-0.15, -0.1) is 0 Å². The molecule has 7 heteroatoms. The van der Waals surface area contributed by atoms with E-state index in [1.54, 1.807) is 0 Å². The van der Waals surface area contributed by atoms with E-state index in [1.165, 1.54) is 29.5 Å². The van der Waals surface area contributed by atoms with Gasteiger partial charge < -0.3 is 15.2 Å². The quantitative estimate of drug-likeness (QED) is 0.518. The van der Waals surface area contributed by atoms with Crippen molar-refractivity contribution in [1.29, 1.82) is 0 Å². The standard InChI is InChI=1S/C24H27N7/c1-2-3-16-12-18-17(6-7-27-22(18)28-16)23-29-20-14-26-13-19(15-4-5-15)21(20)24(30-23)31-10-8-25-9-11-31/h6-7,12-15,25H,2-5,8-11H2,1H3,(H,27,28). The largest absolute Gasteiger partial charge is 0.353 e. The van der Waals surface area contributed by atoms with Crippen molar-refractivity contribution in [2.24, 2.45) is 0 Å². The Hall–Kier alpha value is -3.06. The lowest BCUT2D eigenvalue weighted by Crippen LogP contribution is -2.44. The zero-order chi connectivity index (χ0) is 20.8. The predicted octanol–water partition coefficient (Wildman–Crippen LogP) is 3.81. The van der Waals surface area contributed by atoms with Gasteiger partial charge in [0.15, 0.2) is 5.82 Å². The Morgan fingerprint density at radius 3 is 2.81 bits per heavy atom. The summed E-state index contributed by atoms with van der Waals surface area (Å²) < 4.78 is 0. The van der Waals surface area contributed by atoms with Crippen molar-refractivity contribution < 1.29 is 0 Å². The van der Waals surface area contributed by atoms with Crippen LogP contribution in [0.4, 0.5) is 5.82 Å². The van der Waals surface area contributed by atoms with Crippen molar-refractivity contribution >= 4 is 27.8 Å². The second-order valence-corrected chi connectivity index (χ2v) is 8.67. The number of aromatic amines is 1. The second-order valence-electron chi connectivity index (χ2n) is 8.67. The summed E-state index contributed by atoms with van der Waals surface area (Å²) >= 11 is 0. The number of hydrogen-bond donors (Lipinski definition) is 2. The van der Waals surface area contributed by atoms with E-state index in [0.29, 0.717) is 5.92 Å². The first-order valence-corrected chi connectivity index (χ1v) is 11.4. The molecule has 2 N–H and O–H groups in total. The van der Waals surface area contributed by atoms with E-state index >= 15 is 0 Å². The average molecular weight is 414 g/mol. The highest BCUT2D eigenvalue weighted by molar-refractivity contribution is 5.97. The number of aryl methyl sites for hydroxylation is 1. The fourth-order valence-corrected chi connectivity index (χ4v) is 4.70. The molecule has 0 radical (unpaired) electrons. The first-order valence-electron chi connectivity index (χ1n) is 11.4. The van der Waals surface area contributed by atoms with Crippen molar-refractivity contribution in [3.05, 3.63) is 42.0 Å². The van der Waals surface area contributed by atoms with E-state index in [0.717, 1.165) is 72.8 Å². The monoisotopic (exact) mass is 413 g/mol. The van der Waals surface area contributed by atoms with E-state index in [1.807, 2.05) is 24.7 Å². The summed E-state index contributed by atoms with van der Waals surface area (Å²) in [5.74, 6) is 2.41. The van der Waals surface area contributed by atoms with Gasteiger partial charge >= 0.3 is 0 Å². The van der Waals surface area contributed by atoms with Crippen LogP contribution in [0.5, 0.6) is 0 Å². The Morgan fingerprint density at radius 2 is 2.00 bits per heavy atom. The zero-order valence-corrected chi connectivity index (χ0v) is 17.9. The number of hydrogen-bond acceptors (Lipinski definition) is 6. The molecule has 0 aromatic carbocycles. The van der Waals surface area contributed by atoms with Gasteiger partial charge in [-0.1, -0.05) is 13.3 Å². The van der Waals surface area contributed by atoms with Crippen LogP contribution in [-0.4, -0.2) is 51.1 Å². The van der Waals surface area contributed by atoms with Crippen LogP contribution in [0.15, 0.2) is 30.7 Å². The Bertz CT molecular complexity index is 1250. The molecule has 7 nitrogen and oxygen atoms in total. The van der Waals surface area contributed by atoms with Crippen molar-refractivity contribution in [2.75, 3.05) is 31.1 Å². The molecule has 6 rings (SSSR count).